The number of carboxylic acid groups (broad SMARTS) is 1. The second-order valence-corrected chi connectivity index (χ2v) is 9.35. The van der Waals surface area contributed by atoms with Gasteiger partial charge in [0.2, 0.25) is 0 Å². The van der Waals surface area contributed by atoms with E-state index in [0.717, 1.165) is 6.07 Å². The molecule has 1 heterocycles. The van der Waals surface area contributed by atoms with E-state index in [-0.39, 0.29) is 49.4 Å². The van der Waals surface area contributed by atoms with Crippen LogP contribution in [-0.4, -0.2) is 31.3 Å². The molecule has 0 unspecified atom stereocenters. The predicted octanol–water partition coefficient (Wildman–Crippen LogP) is 5.91. The largest absolute Gasteiger partial charge is 0.859 e. The van der Waals surface area contributed by atoms with Gasteiger partial charge in [-0.1, -0.05) is 23.7 Å². The number of ether oxygens (including phenoxy) is 2. The van der Waals surface area contributed by atoms with Crippen LogP contribution in [-0.2, 0) is 17.4 Å². The zero-order chi connectivity index (χ0) is 29.0. The molecule has 0 aliphatic carbocycles. The Morgan fingerprint density at radius 1 is 1.12 bits per heavy atom. The molecule has 3 aromatic rings. The van der Waals surface area contributed by atoms with Crippen LogP contribution in [0.3, 0.4) is 0 Å². The summed E-state index contributed by atoms with van der Waals surface area (Å²) in [5.41, 5.74) is -0.419. The molecule has 2 N–H and O–H groups in total. The van der Waals surface area contributed by atoms with Crippen molar-refractivity contribution in [3.05, 3.63) is 88.0 Å². The second kappa shape index (κ2) is 12.0. The van der Waals surface area contributed by atoms with Gasteiger partial charge in [0, 0.05) is 47.6 Å². The van der Waals surface area contributed by atoms with Gasteiger partial charge in [-0.3, -0.25) is 4.79 Å². The van der Waals surface area contributed by atoms with Gasteiger partial charge < -0.3 is 29.9 Å². The van der Waals surface area contributed by atoms with Gasteiger partial charge in [0.15, 0.2) is 0 Å². The highest BCUT2D eigenvalue weighted by Crippen LogP contribution is 2.40. The summed E-state index contributed by atoms with van der Waals surface area (Å²) in [6, 6.07) is 12.5. The highest BCUT2D eigenvalue weighted by Gasteiger charge is 2.36. The van der Waals surface area contributed by atoms with Crippen LogP contribution in [0.25, 0.3) is 5.70 Å². The summed E-state index contributed by atoms with van der Waals surface area (Å²) < 4.78 is 65.4. The van der Waals surface area contributed by atoms with Crippen molar-refractivity contribution in [3.63, 3.8) is 0 Å². The molecular formula is C28H24ClF4N2O5-. The number of hydrogen-bond acceptors (Lipinski definition) is 6. The van der Waals surface area contributed by atoms with Crippen molar-refractivity contribution in [1.29, 1.82) is 0 Å². The highest BCUT2D eigenvalue weighted by atomic mass is 35.5. The molecular weight excluding hydrogens is 556 g/mol. The Morgan fingerprint density at radius 3 is 2.48 bits per heavy atom. The molecule has 0 fully saturated rings. The molecule has 3 aromatic carbocycles. The van der Waals surface area contributed by atoms with Gasteiger partial charge in [-0.25, -0.2) is 4.39 Å². The number of methoxy groups -OCH3 is 1. The number of rotatable bonds is 10. The number of aliphatic carboxylic acids is 1. The van der Waals surface area contributed by atoms with E-state index < -0.39 is 29.4 Å². The molecule has 0 spiro atoms. The third-order valence-electron chi connectivity index (χ3n) is 6.15. The maximum absolute atomic E-state index is 14.2. The molecule has 1 aliphatic heterocycles. The van der Waals surface area contributed by atoms with E-state index in [1.807, 2.05) is 0 Å². The van der Waals surface area contributed by atoms with E-state index in [4.69, 9.17) is 26.2 Å². The van der Waals surface area contributed by atoms with Gasteiger partial charge in [0.05, 0.1) is 25.0 Å². The number of carboxylic acids is 1. The number of halogens is 5. The lowest BCUT2D eigenvalue weighted by atomic mass is 10.1. The first-order valence-corrected chi connectivity index (χ1v) is 12.5. The van der Waals surface area contributed by atoms with Crippen LogP contribution in [0.1, 0.15) is 29.5 Å². The molecule has 12 heteroatoms. The number of nitrogens with one attached hydrogen (secondary N) is 1. The molecule has 0 aromatic heterocycles. The Morgan fingerprint density at radius 2 is 1.82 bits per heavy atom. The maximum Gasteiger partial charge on any atom is 0.419 e. The monoisotopic (exact) mass is 579 g/mol. The van der Waals surface area contributed by atoms with E-state index in [1.54, 1.807) is 42.5 Å². The number of alkyl halides is 3. The molecule has 0 amide bonds. The molecule has 0 atom stereocenters. The summed E-state index contributed by atoms with van der Waals surface area (Å²) in [6.45, 7) is 0.165. The summed E-state index contributed by atoms with van der Waals surface area (Å²) in [6.07, 6.45) is -4.56. The van der Waals surface area contributed by atoms with Crippen molar-refractivity contribution in [2.75, 3.05) is 30.5 Å². The lowest BCUT2D eigenvalue weighted by Gasteiger charge is -2.32. The number of anilines is 2. The average molecular weight is 580 g/mol. The lowest BCUT2D eigenvalue weighted by Crippen LogP contribution is -2.31. The fraction of sp³-hybridized carbons (Fsp3) is 0.250. The van der Waals surface area contributed by atoms with Crippen molar-refractivity contribution < 1.29 is 42.0 Å². The van der Waals surface area contributed by atoms with E-state index in [0.29, 0.717) is 33.8 Å². The minimum atomic E-state index is -4.93. The van der Waals surface area contributed by atoms with Crippen LogP contribution in [0.2, 0.25) is 5.02 Å². The van der Waals surface area contributed by atoms with Gasteiger partial charge in [-0.2, -0.15) is 13.2 Å². The van der Waals surface area contributed by atoms with E-state index >= 15 is 0 Å². The number of carbonyl (C=O) groups is 1. The Bertz CT molecular complexity index is 1430. The van der Waals surface area contributed by atoms with E-state index in [9.17, 15) is 27.5 Å². The van der Waals surface area contributed by atoms with Crippen molar-refractivity contribution in [2.24, 2.45) is 0 Å². The van der Waals surface area contributed by atoms with Crippen molar-refractivity contribution in [1.82, 2.24) is 0 Å². The SMILES string of the molecule is COc1cc(N/C(=C(/[O-])N2CCc3cc(F)c(C(F)(F)F)cc32)c2ccc(Cl)cc2)cc(OCCCC(=O)O)c1. The van der Waals surface area contributed by atoms with Crippen LogP contribution < -0.4 is 24.8 Å². The summed E-state index contributed by atoms with van der Waals surface area (Å²) >= 11 is 6.03. The Balaban J connectivity index is 1.74. The molecule has 4 rings (SSSR count). The normalized spacial score (nSPS) is 13.5. The molecule has 1 aliphatic rings. The average Bonchev–Trinajstić information content (AvgIpc) is 3.31. The highest BCUT2D eigenvalue weighted by molar-refractivity contribution is 6.30. The van der Waals surface area contributed by atoms with Gasteiger partial charge in [-0.05, 0) is 54.1 Å². The van der Waals surface area contributed by atoms with Crippen molar-refractivity contribution in [2.45, 2.75) is 25.4 Å². The first-order chi connectivity index (χ1) is 19.0. The third kappa shape index (κ3) is 6.71. The standard InChI is InChI=1S/C28H25ClF4N2O5/c1-39-20-12-19(13-21(14-20)40-10-2-3-25(36)37)34-26(16-4-6-18(29)7-5-16)27(38)35-9-8-17-11-23(30)22(15-24(17)35)28(31,32)33/h4-7,11-15,34,38H,2-3,8-10H2,1H3,(H,36,37)/p-1/b27-26+. The zero-order valence-electron chi connectivity index (χ0n) is 21.1. The quantitative estimate of drug-likeness (QED) is 0.175. The first-order valence-electron chi connectivity index (χ1n) is 12.1. The number of fused-ring (bicyclic) bond motifs is 1. The van der Waals surface area contributed by atoms with Crippen LogP contribution in [0.4, 0.5) is 28.9 Å². The van der Waals surface area contributed by atoms with Crippen LogP contribution in [0.5, 0.6) is 11.5 Å². The molecule has 7 nitrogen and oxygen atoms in total. The van der Waals surface area contributed by atoms with Crippen LogP contribution >= 0.6 is 11.6 Å². The second-order valence-electron chi connectivity index (χ2n) is 8.92. The van der Waals surface area contributed by atoms with Crippen LogP contribution in [0, 0.1) is 5.82 Å². The minimum Gasteiger partial charge on any atom is -0.859 e. The maximum atomic E-state index is 14.2. The number of hydrogen-bond donors (Lipinski definition) is 2. The summed E-state index contributed by atoms with van der Waals surface area (Å²) in [7, 11) is 1.43. The Labute approximate surface area is 232 Å². The molecule has 0 saturated carbocycles. The predicted molar refractivity (Wildman–Crippen MR) is 140 cm³/mol. The van der Waals surface area contributed by atoms with Gasteiger partial charge >= 0.3 is 12.1 Å². The topological polar surface area (TPSA) is 94.1 Å². The first kappa shape index (κ1) is 28.9. The van der Waals surface area contributed by atoms with Gasteiger partial charge in [0.25, 0.3) is 0 Å². The molecule has 0 radical (unpaired) electrons. The van der Waals surface area contributed by atoms with Crippen LogP contribution in [0.15, 0.2) is 60.5 Å². The zero-order valence-corrected chi connectivity index (χ0v) is 21.9. The fourth-order valence-electron chi connectivity index (χ4n) is 4.24. The van der Waals surface area contributed by atoms with Crippen molar-refractivity contribution in [3.8, 4) is 11.5 Å². The van der Waals surface area contributed by atoms with E-state index in [1.165, 1.54) is 12.0 Å². The fourth-order valence-corrected chi connectivity index (χ4v) is 4.36. The lowest BCUT2D eigenvalue weighted by molar-refractivity contribution is -0.303. The Hall–Kier alpha value is -4.12. The summed E-state index contributed by atoms with van der Waals surface area (Å²) in [4.78, 5) is 11.9. The third-order valence-corrected chi connectivity index (χ3v) is 6.40. The number of nitrogens with zero attached hydrogens (tertiary/aromatic N) is 1. The molecule has 40 heavy (non-hydrogen) atoms. The molecule has 212 valence electrons. The van der Waals surface area contributed by atoms with Gasteiger partial charge in [0.1, 0.15) is 17.3 Å². The molecule has 0 saturated heterocycles. The number of benzene rings is 3. The van der Waals surface area contributed by atoms with Gasteiger partial charge in [-0.15, -0.1) is 0 Å². The molecule has 0 bridgehead atoms. The smallest absolute Gasteiger partial charge is 0.419 e. The minimum absolute atomic E-state index is 0.0208. The van der Waals surface area contributed by atoms with E-state index in [2.05, 4.69) is 5.32 Å². The summed E-state index contributed by atoms with van der Waals surface area (Å²) in [5.74, 6) is -2.28. The summed E-state index contributed by atoms with van der Waals surface area (Å²) in [5, 5.41) is 26.1. The van der Waals surface area contributed by atoms with Crippen molar-refractivity contribution >= 4 is 34.6 Å². The Kier molecular flexibility index (Phi) is 8.63.